The molecule has 2 saturated heterocycles. The number of nitrogens with zero attached hydrogens (tertiary/aromatic N) is 3. The van der Waals surface area contributed by atoms with E-state index in [2.05, 4.69) is 33.8 Å². The van der Waals surface area contributed by atoms with E-state index in [1.165, 1.54) is 38.2 Å². The molecule has 3 heteroatoms. The van der Waals surface area contributed by atoms with Crippen LogP contribution in [0.1, 0.15) is 25.5 Å². The molecule has 2 atom stereocenters. The monoisotopic (exact) mass is 231 g/mol. The lowest BCUT2D eigenvalue weighted by Gasteiger charge is -2.42. The Morgan fingerprint density at radius 3 is 3.12 bits per heavy atom. The van der Waals surface area contributed by atoms with Crippen LogP contribution in [0.3, 0.4) is 0 Å². The summed E-state index contributed by atoms with van der Waals surface area (Å²) in [5.41, 5.74) is 1.20. The zero-order valence-electron chi connectivity index (χ0n) is 10.5. The van der Waals surface area contributed by atoms with Crippen molar-refractivity contribution in [2.24, 2.45) is 0 Å². The summed E-state index contributed by atoms with van der Waals surface area (Å²) < 4.78 is 0. The van der Waals surface area contributed by atoms with Gasteiger partial charge < -0.3 is 0 Å². The highest BCUT2D eigenvalue weighted by Gasteiger charge is 2.34. The van der Waals surface area contributed by atoms with Crippen molar-refractivity contribution in [1.82, 2.24) is 14.8 Å². The van der Waals surface area contributed by atoms with Gasteiger partial charge in [0, 0.05) is 37.9 Å². The molecule has 3 rings (SSSR count). The highest BCUT2D eigenvalue weighted by Crippen LogP contribution is 2.25. The van der Waals surface area contributed by atoms with Crippen molar-refractivity contribution < 1.29 is 0 Å². The van der Waals surface area contributed by atoms with Crippen LogP contribution in [0.4, 0.5) is 0 Å². The van der Waals surface area contributed by atoms with Gasteiger partial charge in [-0.25, -0.2) is 0 Å². The van der Waals surface area contributed by atoms with Gasteiger partial charge in [-0.2, -0.15) is 0 Å². The topological polar surface area (TPSA) is 19.4 Å². The minimum absolute atomic E-state index is 0.659. The molecule has 2 aliphatic heterocycles. The van der Waals surface area contributed by atoms with E-state index < -0.39 is 0 Å². The van der Waals surface area contributed by atoms with E-state index in [-0.39, 0.29) is 0 Å². The molecule has 17 heavy (non-hydrogen) atoms. The summed E-state index contributed by atoms with van der Waals surface area (Å²) >= 11 is 0. The van der Waals surface area contributed by atoms with Gasteiger partial charge in [0.1, 0.15) is 0 Å². The van der Waals surface area contributed by atoms with Gasteiger partial charge in [-0.15, -0.1) is 0 Å². The SMILES string of the molecule is C[C@H]1CN2CCC[C@@H]2CN1Cc1ccccn1. The molecule has 0 aromatic carbocycles. The lowest BCUT2D eigenvalue weighted by molar-refractivity contribution is 0.0532. The largest absolute Gasteiger partial charge is 0.298 e. The summed E-state index contributed by atoms with van der Waals surface area (Å²) in [6.45, 7) is 7.12. The van der Waals surface area contributed by atoms with E-state index in [4.69, 9.17) is 0 Å². The third-order valence-corrected chi connectivity index (χ3v) is 4.16. The smallest absolute Gasteiger partial charge is 0.0544 e. The fraction of sp³-hybridized carbons (Fsp3) is 0.643. The summed E-state index contributed by atoms with van der Waals surface area (Å²) in [7, 11) is 0. The Morgan fingerprint density at radius 1 is 1.35 bits per heavy atom. The molecule has 0 N–H and O–H groups in total. The highest BCUT2D eigenvalue weighted by molar-refractivity contribution is 5.04. The number of aromatic nitrogens is 1. The minimum Gasteiger partial charge on any atom is -0.298 e. The summed E-state index contributed by atoms with van der Waals surface area (Å²) in [5.74, 6) is 0. The molecule has 0 saturated carbocycles. The molecule has 0 aliphatic carbocycles. The number of pyridine rings is 1. The van der Waals surface area contributed by atoms with Crippen LogP contribution < -0.4 is 0 Å². The standard InChI is InChI=1S/C14H21N3/c1-12-9-16-8-4-6-14(16)11-17(12)10-13-5-2-3-7-15-13/h2-3,5,7,12,14H,4,6,8-11H2,1H3/t12-,14+/m0/s1. The van der Waals surface area contributed by atoms with E-state index in [9.17, 15) is 0 Å². The third-order valence-electron chi connectivity index (χ3n) is 4.16. The molecule has 0 bridgehead atoms. The molecule has 0 amide bonds. The van der Waals surface area contributed by atoms with Crippen LogP contribution >= 0.6 is 0 Å². The van der Waals surface area contributed by atoms with Crippen LogP contribution in [0.2, 0.25) is 0 Å². The first-order chi connectivity index (χ1) is 8.33. The average Bonchev–Trinajstić information content (AvgIpc) is 2.78. The summed E-state index contributed by atoms with van der Waals surface area (Å²) in [6.07, 6.45) is 4.66. The van der Waals surface area contributed by atoms with E-state index in [0.717, 1.165) is 12.6 Å². The Labute approximate surface area is 103 Å². The molecule has 0 radical (unpaired) electrons. The molecular formula is C14H21N3. The first-order valence-electron chi connectivity index (χ1n) is 6.71. The van der Waals surface area contributed by atoms with Crippen LogP contribution in [0, 0.1) is 0 Å². The lowest BCUT2D eigenvalue weighted by Crippen LogP contribution is -2.54. The maximum atomic E-state index is 4.44. The van der Waals surface area contributed by atoms with E-state index in [1.54, 1.807) is 0 Å². The summed E-state index contributed by atoms with van der Waals surface area (Å²) in [5, 5.41) is 0. The van der Waals surface area contributed by atoms with Gasteiger partial charge in [0.2, 0.25) is 0 Å². The van der Waals surface area contributed by atoms with Crippen molar-refractivity contribution in [3.8, 4) is 0 Å². The van der Waals surface area contributed by atoms with Gasteiger partial charge in [0.15, 0.2) is 0 Å². The van der Waals surface area contributed by atoms with Gasteiger partial charge >= 0.3 is 0 Å². The fourth-order valence-corrected chi connectivity index (χ4v) is 3.17. The zero-order valence-corrected chi connectivity index (χ0v) is 10.5. The Bertz CT molecular complexity index is 365. The molecule has 0 unspecified atom stereocenters. The Hall–Kier alpha value is -0.930. The Morgan fingerprint density at radius 2 is 2.29 bits per heavy atom. The number of piperazine rings is 1. The van der Waals surface area contributed by atoms with E-state index in [1.807, 2.05) is 12.3 Å². The second-order valence-electron chi connectivity index (χ2n) is 5.39. The van der Waals surface area contributed by atoms with Crippen molar-refractivity contribution in [2.45, 2.75) is 38.4 Å². The maximum Gasteiger partial charge on any atom is 0.0544 e. The van der Waals surface area contributed by atoms with E-state index >= 15 is 0 Å². The fourth-order valence-electron chi connectivity index (χ4n) is 3.17. The first-order valence-corrected chi connectivity index (χ1v) is 6.71. The lowest BCUT2D eigenvalue weighted by atomic mass is 10.1. The third kappa shape index (κ3) is 2.35. The second kappa shape index (κ2) is 4.75. The molecular weight excluding hydrogens is 210 g/mol. The second-order valence-corrected chi connectivity index (χ2v) is 5.39. The van der Waals surface area contributed by atoms with Gasteiger partial charge in [0.05, 0.1) is 5.69 Å². The maximum absolute atomic E-state index is 4.44. The molecule has 3 nitrogen and oxygen atoms in total. The number of hydrogen-bond donors (Lipinski definition) is 0. The minimum atomic E-state index is 0.659. The predicted octanol–water partition coefficient (Wildman–Crippen LogP) is 1.75. The van der Waals surface area contributed by atoms with Gasteiger partial charge in [-0.3, -0.25) is 14.8 Å². The number of rotatable bonds is 2. The summed E-state index contributed by atoms with van der Waals surface area (Å²) in [4.78, 5) is 9.70. The molecule has 3 heterocycles. The van der Waals surface area contributed by atoms with Gasteiger partial charge in [-0.05, 0) is 38.4 Å². The van der Waals surface area contributed by atoms with Crippen molar-refractivity contribution in [2.75, 3.05) is 19.6 Å². The van der Waals surface area contributed by atoms with Crippen LogP contribution in [0.15, 0.2) is 24.4 Å². The number of fused-ring (bicyclic) bond motifs is 1. The van der Waals surface area contributed by atoms with Crippen LogP contribution in [-0.4, -0.2) is 46.5 Å². The normalized spacial score (nSPS) is 30.4. The zero-order chi connectivity index (χ0) is 11.7. The molecule has 2 aliphatic rings. The summed E-state index contributed by atoms with van der Waals surface area (Å²) in [6, 6.07) is 7.66. The van der Waals surface area contributed by atoms with Gasteiger partial charge in [-0.1, -0.05) is 6.07 Å². The Kier molecular flexibility index (Phi) is 3.12. The van der Waals surface area contributed by atoms with Crippen molar-refractivity contribution in [3.05, 3.63) is 30.1 Å². The van der Waals surface area contributed by atoms with E-state index in [0.29, 0.717) is 6.04 Å². The average molecular weight is 231 g/mol. The predicted molar refractivity (Wildman–Crippen MR) is 68.7 cm³/mol. The van der Waals surface area contributed by atoms with Crippen LogP contribution in [-0.2, 0) is 6.54 Å². The highest BCUT2D eigenvalue weighted by atomic mass is 15.3. The molecule has 1 aromatic heterocycles. The van der Waals surface area contributed by atoms with Crippen molar-refractivity contribution >= 4 is 0 Å². The van der Waals surface area contributed by atoms with Crippen LogP contribution in [0.25, 0.3) is 0 Å². The van der Waals surface area contributed by atoms with Crippen LogP contribution in [0.5, 0.6) is 0 Å². The first kappa shape index (κ1) is 11.2. The number of hydrogen-bond acceptors (Lipinski definition) is 3. The quantitative estimate of drug-likeness (QED) is 0.773. The van der Waals surface area contributed by atoms with Gasteiger partial charge in [0.25, 0.3) is 0 Å². The molecule has 92 valence electrons. The molecule has 2 fully saturated rings. The van der Waals surface area contributed by atoms with Crippen molar-refractivity contribution in [1.29, 1.82) is 0 Å². The molecule has 0 spiro atoms. The molecule has 1 aromatic rings. The Balaban J connectivity index is 1.67. The van der Waals surface area contributed by atoms with Crippen molar-refractivity contribution in [3.63, 3.8) is 0 Å².